The van der Waals surface area contributed by atoms with Crippen molar-refractivity contribution in [3.05, 3.63) is 29.8 Å². The second kappa shape index (κ2) is 6.01. The molecule has 0 spiro atoms. The third kappa shape index (κ3) is 2.78. The third-order valence-corrected chi connectivity index (χ3v) is 4.92. The molecule has 1 aromatic carbocycles. The van der Waals surface area contributed by atoms with Gasteiger partial charge in [-0.05, 0) is 49.4 Å². The van der Waals surface area contributed by atoms with Gasteiger partial charge in [0.25, 0.3) is 11.6 Å². The zero-order valence-electron chi connectivity index (χ0n) is 13.9. The minimum absolute atomic E-state index is 0.000444. The molecule has 1 heterocycles. The number of halogens is 3. The Bertz CT molecular complexity index is 702. The van der Waals surface area contributed by atoms with Crippen LogP contribution in [0.1, 0.15) is 36.5 Å². The second-order valence-corrected chi connectivity index (χ2v) is 6.59. The number of carbonyl (C=O) groups is 1. The number of hydrogen-bond acceptors (Lipinski definition) is 4. The number of methoxy groups -OCH3 is 1. The van der Waals surface area contributed by atoms with E-state index in [1.54, 1.807) is 0 Å². The summed E-state index contributed by atoms with van der Waals surface area (Å²) in [6.07, 6.45) is -3.84. The molecule has 3 atom stereocenters. The second-order valence-electron chi connectivity index (χ2n) is 6.59. The molecule has 1 amide bonds. The summed E-state index contributed by atoms with van der Waals surface area (Å²) in [6, 6.07) is 5.64. The van der Waals surface area contributed by atoms with Crippen LogP contribution in [0.25, 0.3) is 0 Å². The van der Waals surface area contributed by atoms with Crippen LogP contribution in [0.4, 0.5) is 13.2 Å². The van der Waals surface area contributed by atoms with Crippen molar-refractivity contribution in [2.45, 2.75) is 38.1 Å². The van der Waals surface area contributed by atoms with Crippen molar-refractivity contribution < 1.29 is 27.8 Å². The van der Waals surface area contributed by atoms with Gasteiger partial charge in [0.05, 0.1) is 13.0 Å². The standard InChI is InChI=1S/C17H19F3N2O3/c1-10-3-8-14-13(9-10)16(24,17(18,19)20)22(21-14)15(23)11-4-6-12(25-2)7-5-11/h4-7,10,13,24H,3,8-9H2,1-2H3. The lowest BCUT2D eigenvalue weighted by Crippen LogP contribution is -2.61. The first-order valence-corrected chi connectivity index (χ1v) is 8.03. The number of fused-ring (bicyclic) bond motifs is 1. The first-order valence-electron chi connectivity index (χ1n) is 8.03. The van der Waals surface area contributed by atoms with Crippen molar-refractivity contribution in [3.8, 4) is 5.75 Å². The van der Waals surface area contributed by atoms with Gasteiger partial charge in [0.15, 0.2) is 0 Å². The topological polar surface area (TPSA) is 62.1 Å². The number of benzene rings is 1. The van der Waals surface area contributed by atoms with E-state index in [9.17, 15) is 23.1 Å². The Morgan fingerprint density at radius 2 is 2.00 bits per heavy atom. The summed E-state index contributed by atoms with van der Waals surface area (Å²) < 4.78 is 46.2. The Hall–Kier alpha value is -2.09. The monoisotopic (exact) mass is 356 g/mol. The van der Waals surface area contributed by atoms with Crippen LogP contribution in [0, 0.1) is 11.8 Å². The van der Waals surface area contributed by atoms with Gasteiger partial charge < -0.3 is 9.84 Å². The Labute approximate surface area is 143 Å². The quantitative estimate of drug-likeness (QED) is 0.885. The predicted molar refractivity (Wildman–Crippen MR) is 84.1 cm³/mol. The van der Waals surface area contributed by atoms with E-state index >= 15 is 0 Å². The fraction of sp³-hybridized carbons (Fsp3) is 0.529. The number of hydrazone groups is 1. The zero-order valence-corrected chi connectivity index (χ0v) is 13.9. The minimum atomic E-state index is -5.01. The van der Waals surface area contributed by atoms with Crippen LogP contribution in [0.2, 0.25) is 0 Å². The molecule has 8 heteroatoms. The van der Waals surface area contributed by atoms with Crippen LogP contribution in [0.3, 0.4) is 0 Å². The summed E-state index contributed by atoms with van der Waals surface area (Å²) >= 11 is 0. The fourth-order valence-electron chi connectivity index (χ4n) is 3.47. The van der Waals surface area contributed by atoms with Crippen molar-refractivity contribution in [2.75, 3.05) is 7.11 Å². The number of ether oxygens (including phenoxy) is 1. The van der Waals surface area contributed by atoms with Crippen LogP contribution in [0.5, 0.6) is 5.75 Å². The summed E-state index contributed by atoms with van der Waals surface area (Å²) in [6.45, 7) is 1.83. The van der Waals surface area contributed by atoms with Gasteiger partial charge >= 0.3 is 6.18 Å². The van der Waals surface area contributed by atoms with Crippen LogP contribution in [0.15, 0.2) is 29.4 Å². The van der Waals surface area contributed by atoms with Gasteiger partial charge in [-0.3, -0.25) is 4.79 Å². The normalized spacial score (nSPS) is 29.2. The average molecular weight is 356 g/mol. The van der Waals surface area contributed by atoms with E-state index in [0.29, 0.717) is 18.6 Å². The lowest BCUT2D eigenvalue weighted by Gasteiger charge is -2.39. The van der Waals surface area contributed by atoms with E-state index in [1.807, 2.05) is 6.92 Å². The highest BCUT2D eigenvalue weighted by Gasteiger charge is 2.68. The van der Waals surface area contributed by atoms with E-state index in [2.05, 4.69) is 5.10 Å². The number of rotatable bonds is 2. The summed E-state index contributed by atoms with van der Waals surface area (Å²) in [5, 5.41) is 14.7. The molecule has 1 aromatic rings. The van der Waals surface area contributed by atoms with Gasteiger partial charge in [0.1, 0.15) is 5.75 Å². The van der Waals surface area contributed by atoms with Crippen LogP contribution in [-0.2, 0) is 0 Å². The summed E-state index contributed by atoms with van der Waals surface area (Å²) in [5.41, 5.74) is -3.08. The molecule has 1 aliphatic heterocycles. The molecule has 3 rings (SSSR count). The van der Waals surface area contributed by atoms with Gasteiger partial charge in [-0.1, -0.05) is 6.92 Å². The molecule has 3 unspecified atom stereocenters. The molecule has 1 aliphatic carbocycles. The molecular weight excluding hydrogens is 337 g/mol. The molecule has 0 bridgehead atoms. The number of aliphatic hydroxyl groups is 1. The number of hydrogen-bond donors (Lipinski definition) is 1. The molecule has 136 valence electrons. The highest BCUT2D eigenvalue weighted by molar-refractivity contribution is 5.99. The Balaban J connectivity index is 2.00. The molecule has 0 saturated heterocycles. The summed E-state index contributed by atoms with van der Waals surface area (Å²) in [7, 11) is 1.44. The molecule has 1 fully saturated rings. The van der Waals surface area contributed by atoms with Crippen molar-refractivity contribution in [1.82, 2.24) is 5.01 Å². The Morgan fingerprint density at radius 1 is 1.36 bits per heavy atom. The maximum atomic E-state index is 13.8. The van der Waals surface area contributed by atoms with Gasteiger partial charge in [-0.15, -0.1) is 0 Å². The van der Waals surface area contributed by atoms with E-state index < -0.39 is 23.7 Å². The average Bonchev–Trinajstić information content (AvgIpc) is 2.88. The maximum Gasteiger partial charge on any atom is 0.439 e. The van der Waals surface area contributed by atoms with E-state index in [0.717, 1.165) is 0 Å². The smallest absolute Gasteiger partial charge is 0.439 e. The molecule has 25 heavy (non-hydrogen) atoms. The number of nitrogens with zero attached hydrogens (tertiary/aromatic N) is 2. The molecule has 2 aliphatic rings. The van der Waals surface area contributed by atoms with E-state index in [4.69, 9.17) is 4.74 Å². The molecule has 5 nitrogen and oxygen atoms in total. The number of alkyl halides is 3. The van der Waals surface area contributed by atoms with Crippen molar-refractivity contribution in [1.29, 1.82) is 0 Å². The largest absolute Gasteiger partial charge is 0.497 e. The SMILES string of the molecule is COc1ccc(C(=O)N2N=C3CCC(C)CC3C2(O)C(F)(F)F)cc1. The highest BCUT2D eigenvalue weighted by atomic mass is 19.4. The predicted octanol–water partition coefficient (Wildman–Crippen LogP) is 3.19. The lowest BCUT2D eigenvalue weighted by molar-refractivity contribution is -0.313. The molecular formula is C17H19F3N2O3. The fourth-order valence-corrected chi connectivity index (χ4v) is 3.47. The van der Waals surface area contributed by atoms with Crippen molar-refractivity contribution in [3.63, 3.8) is 0 Å². The zero-order chi connectivity index (χ0) is 18.4. The van der Waals surface area contributed by atoms with E-state index in [1.165, 1.54) is 31.4 Å². The van der Waals surface area contributed by atoms with Gasteiger partial charge in [0.2, 0.25) is 0 Å². The van der Waals surface area contributed by atoms with Crippen molar-refractivity contribution in [2.24, 2.45) is 16.9 Å². The molecule has 0 aromatic heterocycles. The first-order chi connectivity index (χ1) is 11.7. The number of carbonyl (C=O) groups excluding carboxylic acids is 1. The van der Waals surface area contributed by atoms with Gasteiger partial charge in [-0.25, -0.2) is 0 Å². The van der Waals surface area contributed by atoms with E-state index in [-0.39, 0.29) is 28.6 Å². The molecule has 1 N–H and O–H groups in total. The highest BCUT2D eigenvalue weighted by Crippen LogP contribution is 2.49. The lowest BCUT2D eigenvalue weighted by atomic mass is 9.76. The Morgan fingerprint density at radius 3 is 2.56 bits per heavy atom. The maximum absolute atomic E-state index is 13.8. The number of amides is 1. The molecule has 1 saturated carbocycles. The molecule has 0 radical (unpaired) electrons. The summed E-state index contributed by atoms with van der Waals surface area (Å²) in [5.74, 6) is -1.72. The first kappa shape index (κ1) is 17.7. The summed E-state index contributed by atoms with van der Waals surface area (Å²) in [4.78, 5) is 12.7. The third-order valence-electron chi connectivity index (χ3n) is 4.92. The van der Waals surface area contributed by atoms with Crippen molar-refractivity contribution >= 4 is 11.6 Å². The minimum Gasteiger partial charge on any atom is -0.497 e. The van der Waals surface area contributed by atoms with Crippen LogP contribution < -0.4 is 4.74 Å². The van der Waals surface area contributed by atoms with Gasteiger partial charge in [0, 0.05) is 11.3 Å². The van der Waals surface area contributed by atoms with Crippen LogP contribution in [-0.4, -0.2) is 40.7 Å². The Kier molecular flexibility index (Phi) is 4.26. The van der Waals surface area contributed by atoms with Gasteiger partial charge in [-0.2, -0.15) is 23.3 Å². The van der Waals surface area contributed by atoms with Crippen LogP contribution >= 0.6 is 0 Å².